The van der Waals surface area contributed by atoms with Crippen molar-refractivity contribution in [1.82, 2.24) is 5.32 Å². The van der Waals surface area contributed by atoms with Gasteiger partial charge in [-0.2, -0.15) is 0 Å². The van der Waals surface area contributed by atoms with Gasteiger partial charge in [0.15, 0.2) is 11.6 Å². The molecule has 1 aromatic rings. The Hall–Kier alpha value is -1.00. The predicted octanol–water partition coefficient (Wildman–Crippen LogP) is 3.30. The molecule has 0 heterocycles. The van der Waals surface area contributed by atoms with E-state index < -0.39 is 11.6 Å². The second kappa shape index (κ2) is 8.99. The van der Waals surface area contributed by atoms with Gasteiger partial charge in [-0.15, -0.1) is 0 Å². The Labute approximate surface area is 114 Å². The first kappa shape index (κ1) is 16.1. The normalized spacial score (nSPS) is 12.6. The minimum atomic E-state index is -0.802. The molecule has 0 aromatic heterocycles. The van der Waals surface area contributed by atoms with Crippen molar-refractivity contribution in [3.8, 4) is 0 Å². The van der Waals surface area contributed by atoms with Gasteiger partial charge in [0.25, 0.3) is 0 Å². The van der Waals surface area contributed by atoms with Gasteiger partial charge in [0.05, 0.1) is 6.61 Å². The van der Waals surface area contributed by atoms with Crippen molar-refractivity contribution in [2.24, 2.45) is 0 Å². The summed E-state index contributed by atoms with van der Waals surface area (Å²) in [5.41, 5.74) is 0.785. The molecule has 2 nitrogen and oxygen atoms in total. The fraction of sp³-hybridized carbons (Fsp3) is 0.600. The van der Waals surface area contributed by atoms with Crippen molar-refractivity contribution >= 4 is 0 Å². The van der Waals surface area contributed by atoms with E-state index in [1.54, 1.807) is 6.07 Å². The van der Waals surface area contributed by atoms with Gasteiger partial charge in [0.1, 0.15) is 0 Å². The Morgan fingerprint density at radius 2 is 1.95 bits per heavy atom. The molecular weight excluding hydrogens is 248 g/mol. The predicted molar refractivity (Wildman–Crippen MR) is 73.3 cm³/mol. The summed E-state index contributed by atoms with van der Waals surface area (Å²) < 4.78 is 31.6. The maximum atomic E-state index is 13.2. The van der Waals surface area contributed by atoms with Crippen LogP contribution in [0.5, 0.6) is 0 Å². The minimum absolute atomic E-state index is 0.136. The number of rotatable bonds is 9. The second-order valence-electron chi connectivity index (χ2n) is 4.68. The molecule has 0 aliphatic heterocycles. The van der Waals surface area contributed by atoms with Crippen LogP contribution in [0.4, 0.5) is 8.78 Å². The lowest BCUT2D eigenvalue weighted by Crippen LogP contribution is -2.36. The lowest BCUT2D eigenvalue weighted by atomic mass is 10.1. The van der Waals surface area contributed by atoms with Crippen LogP contribution in [0.25, 0.3) is 0 Å². The van der Waals surface area contributed by atoms with Crippen LogP contribution >= 0.6 is 0 Å². The van der Waals surface area contributed by atoms with E-state index in [-0.39, 0.29) is 6.04 Å². The van der Waals surface area contributed by atoms with Crippen molar-refractivity contribution < 1.29 is 13.5 Å². The largest absolute Gasteiger partial charge is 0.380 e. The quantitative estimate of drug-likeness (QED) is 0.696. The standard InChI is InChI=1S/C15H23F2NO/c1-3-7-18-13(11-19-8-4-2)9-12-5-6-14(16)15(17)10-12/h5-6,10,13,18H,3-4,7-9,11H2,1-2H3. The molecule has 0 amide bonds. The summed E-state index contributed by atoms with van der Waals surface area (Å²) in [6.07, 6.45) is 2.65. The van der Waals surface area contributed by atoms with Crippen LogP contribution in [0.3, 0.4) is 0 Å². The van der Waals surface area contributed by atoms with E-state index in [0.29, 0.717) is 13.0 Å². The molecule has 4 heteroatoms. The van der Waals surface area contributed by atoms with Gasteiger partial charge in [-0.3, -0.25) is 0 Å². The molecule has 1 N–H and O–H groups in total. The molecule has 0 saturated heterocycles. The number of benzene rings is 1. The summed E-state index contributed by atoms with van der Waals surface area (Å²) in [6, 6.07) is 4.19. The van der Waals surface area contributed by atoms with E-state index in [1.165, 1.54) is 12.1 Å². The Balaban J connectivity index is 2.56. The maximum Gasteiger partial charge on any atom is 0.159 e. The molecule has 0 radical (unpaired) electrons. The third-order valence-corrected chi connectivity index (χ3v) is 2.82. The topological polar surface area (TPSA) is 21.3 Å². The van der Waals surface area contributed by atoms with Gasteiger partial charge in [0, 0.05) is 12.6 Å². The van der Waals surface area contributed by atoms with Gasteiger partial charge >= 0.3 is 0 Å². The number of halogens is 2. The highest BCUT2D eigenvalue weighted by molar-refractivity contribution is 5.18. The molecule has 0 spiro atoms. The van der Waals surface area contributed by atoms with Gasteiger partial charge in [-0.1, -0.05) is 19.9 Å². The highest BCUT2D eigenvalue weighted by atomic mass is 19.2. The van der Waals surface area contributed by atoms with Crippen LogP contribution in [0.1, 0.15) is 32.3 Å². The van der Waals surface area contributed by atoms with E-state index >= 15 is 0 Å². The van der Waals surface area contributed by atoms with Gasteiger partial charge in [-0.05, 0) is 43.5 Å². The zero-order chi connectivity index (χ0) is 14.1. The van der Waals surface area contributed by atoms with E-state index in [9.17, 15) is 8.78 Å². The summed E-state index contributed by atoms with van der Waals surface area (Å²) >= 11 is 0. The molecule has 0 aliphatic carbocycles. The molecule has 1 rings (SSSR count). The van der Waals surface area contributed by atoms with E-state index in [1.807, 2.05) is 0 Å². The third-order valence-electron chi connectivity index (χ3n) is 2.82. The summed E-state index contributed by atoms with van der Waals surface area (Å²) in [4.78, 5) is 0. The molecule has 1 atom stereocenters. The zero-order valence-electron chi connectivity index (χ0n) is 11.7. The summed E-state index contributed by atoms with van der Waals surface area (Å²) in [6.45, 7) is 6.36. The Morgan fingerprint density at radius 3 is 2.58 bits per heavy atom. The highest BCUT2D eigenvalue weighted by Gasteiger charge is 2.11. The first-order chi connectivity index (χ1) is 9.17. The van der Waals surface area contributed by atoms with E-state index in [4.69, 9.17) is 4.74 Å². The molecule has 0 fully saturated rings. The van der Waals surface area contributed by atoms with Gasteiger partial charge in [-0.25, -0.2) is 8.78 Å². The number of nitrogens with one attached hydrogen (secondary N) is 1. The fourth-order valence-corrected chi connectivity index (χ4v) is 1.86. The third kappa shape index (κ3) is 6.12. The van der Waals surface area contributed by atoms with Crippen LogP contribution in [0.15, 0.2) is 18.2 Å². The first-order valence-corrected chi connectivity index (χ1v) is 6.92. The molecular formula is C15H23F2NO. The van der Waals surface area contributed by atoms with Crippen LogP contribution in [0.2, 0.25) is 0 Å². The molecule has 19 heavy (non-hydrogen) atoms. The van der Waals surface area contributed by atoms with Crippen LogP contribution in [-0.2, 0) is 11.2 Å². The van der Waals surface area contributed by atoms with E-state index in [2.05, 4.69) is 19.2 Å². The van der Waals surface area contributed by atoms with Gasteiger partial charge in [0.2, 0.25) is 0 Å². The highest BCUT2D eigenvalue weighted by Crippen LogP contribution is 2.11. The monoisotopic (exact) mass is 271 g/mol. The number of ether oxygens (including phenoxy) is 1. The summed E-state index contributed by atoms with van der Waals surface area (Å²) in [5, 5.41) is 3.37. The fourth-order valence-electron chi connectivity index (χ4n) is 1.86. The van der Waals surface area contributed by atoms with Gasteiger partial charge < -0.3 is 10.1 Å². The Bertz CT molecular complexity index is 371. The molecule has 1 unspecified atom stereocenters. The Morgan fingerprint density at radius 1 is 1.16 bits per heavy atom. The molecule has 0 aliphatic rings. The maximum absolute atomic E-state index is 13.2. The summed E-state index contributed by atoms with van der Waals surface area (Å²) in [7, 11) is 0. The number of hydrogen-bond donors (Lipinski definition) is 1. The minimum Gasteiger partial charge on any atom is -0.380 e. The molecule has 108 valence electrons. The van der Waals surface area contributed by atoms with E-state index in [0.717, 1.165) is 31.6 Å². The summed E-state index contributed by atoms with van der Waals surface area (Å²) in [5.74, 6) is -1.59. The molecule has 0 bridgehead atoms. The van der Waals surface area contributed by atoms with Crippen LogP contribution in [0, 0.1) is 11.6 Å². The zero-order valence-corrected chi connectivity index (χ0v) is 11.7. The average Bonchev–Trinajstić information content (AvgIpc) is 2.40. The van der Waals surface area contributed by atoms with Crippen molar-refractivity contribution in [1.29, 1.82) is 0 Å². The SMILES string of the molecule is CCCNC(COCCC)Cc1ccc(F)c(F)c1. The first-order valence-electron chi connectivity index (χ1n) is 6.92. The lowest BCUT2D eigenvalue weighted by Gasteiger charge is -2.18. The van der Waals surface area contributed by atoms with Crippen LogP contribution in [-0.4, -0.2) is 25.8 Å². The molecule has 1 aromatic carbocycles. The van der Waals surface area contributed by atoms with Crippen LogP contribution < -0.4 is 5.32 Å². The Kier molecular flexibility index (Phi) is 7.60. The number of hydrogen-bond acceptors (Lipinski definition) is 2. The smallest absolute Gasteiger partial charge is 0.159 e. The van der Waals surface area contributed by atoms with Crippen molar-refractivity contribution in [2.75, 3.05) is 19.8 Å². The van der Waals surface area contributed by atoms with Crippen molar-refractivity contribution in [3.05, 3.63) is 35.4 Å². The average molecular weight is 271 g/mol. The second-order valence-corrected chi connectivity index (χ2v) is 4.68. The van der Waals surface area contributed by atoms with Crippen molar-refractivity contribution in [3.63, 3.8) is 0 Å². The lowest BCUT2D eigenvalue weighted by molar-refractivity contribution is 0.111. The van der Waals surface area contributed by atoms with Crippen molar-refractivity contribution in [2.45, 2.75) is 39.2 Å². The molecule has 0 saturated carbocycles.